The largest absolute Gasteiger partial charge is 0.244 e. The van der Waals surface area contributed by atoms with Crippen molar-refractivity contribution >= 4 is 11.6 Å². The summed E-state index contributed by atoms with van der Waals surface area (Å²) in [5.41, 5.74) is 3.96. The average Bonchev–Trinajstić information content (AvgIpc) is 2.60. The summed E-state index contributed by atoms with van der Waals surface area (Å²) in [6, 6.07) is 8.58. The summed E-state index contributed by atoms with van der Waals surface area (Å²) >= 11 is 6.25. The Hall–Kier alpha value is -1.41. The summed E-state index contributed by atoms with van der Waals surface area (Å²) in [4.78, 5) is 8.25. The van der Waals surface area contributed by atoms with Gasteiger partial charge in [0, 0.05) is 17.7 Å². The van der Waals surface area contributed by atoms with Crippen LogP contribution in [0.4, 0.5) is 0 Å². The van der Waals surface area contributed by atoms with Gasteiger partial charge in [-0.3, -0.25) is 0 Å². The molecule has 3 heteroatoms. The number of benzene rings is 1. The van der Waals surface area contributed by atoms with Gasteiger partial charge in [0.2, 0.25) is 0 Å². The first-order chi connectivity index (χ1) is 8.59. The van der Waals surface area contributed by atoms with Gasteiger partial charge >= 0.3 is 0 Å². The number of hydrogen-bond donors (Lipinski definition) is 0. The standard InChI is InChI=1S/C15H15ClN2/c1-15(2)7-10-5-3-4-6-11(10)13(15)12-8-17-9-18-14(12)16/h3-6,8-9,13H,7H2,1-2H3. The third-order valence-electron chi connectivity index (χ3n) is 3.79. The predicted octanol–water partition coefficient (Wildman–Crippen LogP) is 3.84. The molecule has 0 aliphatic heterocycles. The molecule has 2 aromatic rings. The molecule has 0 radical (unpaired) electrons. The molecule has 3 rings (SSSR count). The zero-order chi connectivity index (χ0) is 12.8. The second-order valence-electron chi connectivity index (χ2n) is 5.57. The molecule has 0 spiro atoms. The quantitative estimate of drug-likeness (QED) is 0.727. The van der Waals surface area contributed by atoms with E-state index in [-0.39, 0.29) is 11.3 Å². The van der Waals surface area contributed by atoms with Crippen molar-refractivity contribution < 1.29 is 0 Å². The summed E-state index contributed by atoms with van der Waals surface area (Å²) in [7, 11) is 0. The molecule has 2 nitrogen and oxygen atoms in total. The van der Waals surface area contributed by atoms with Gasteiger partial charge in [0.05, 0.1) is 0 Å². The Kier molecular flexibility index (Phi) is 2.63. The van der Waals surface area contributed by atoms with Crippen LogP contribution in [0.5, 0.6) is 0 Å². The first-order valence-electron chi connectivity index (χ1n) is 6.13. The minimum Gasteiger partial charge on any atom is -0.244 e. The minimum atomic E-state index is 0.151. The number of halogens is 1. The second-order valence-corrected chi connectivity index (χ2v) is 5.92. The van der Waals surface area contributed by atoms with E-state index >= 15 is 0 Å². The topological polar surface area (TPSA) is 25.8 Å². The van der Waals surface area contributed by atoms with E-state index < -0.39 is 0 Å². The highest BCUT2D eigenvalue weighted by Gasteiger charge is 2.40. The number of nitrogens with zero attached hydrogens (tertiary/aromatic N) is 2. The van der Waals surface area contributed by atoms with Crippen molar-refractivity contribution in [3.8, 4) is 0 Å². The molecule has 1 heterocycles. The Bertz CT molecular complexity index is 593. The lowest BCUT2D eigenvalue weighted by molar-refractivity contribution is 0.346. The molecule has 18 heavy (non-hydrogen) atoms. The van der Waals surface area contributed by atoms with Gasteiger partial charge in [-0.15, -0.1) is 0 Å². The van der Waals surface area contributed by atoms with Crippen LogP contribution in [0.15, 0.2) is 36.8 Å². The van der Waals surface area contributed by atoms with E-state index in [1.807, 2.05) is 6.20 Å². The molecule has 0 saturated carbocycles. The SMILES string of the molecule is CC1(C)Cc2ccccc2C1c1cncnc1Cl. The van der Waals surface area contributed by atoms with Crippen molar-refractivity contribution in [3.63, 3.8) is 0 Å². The highest BCUT2D eigenvalue weighted by Crippen LogP contribution is 2.51. The molecule has 0 N–H and O–H groups in total. The van der Waals surface area contributed by atoms with Crippen LogP contribution in [0.25, 0.3) is 0 Å². The molecule has 1 aliphatic carbocycles. The fourth-order valence-electron chi connectivity index (χ4n) is 3.10. The zero-order valence-electron chi connectivity index (χ0n) is 10.5. The van der Waals surface area contributed by atoms with Gasteiger partial charge < -0.3 is 0 Å². The maximum atomic E-state index is 6.25. The van der Waals surface area contributed by atoms with Gasteiger partial charge in [-0.25, -0.2) is 9.97 Å². The van der Waals surface area contributed by atoms with E-state index in [0.717, 1.165) is 12.0 Å². The molecule has 1 aliphatic rings. The monoisotopic (exact) mass is 258 g/mol. The molecule has 0 saturated heterocycles. The third-order valence-corrected chi connectivity index (χ3v) is 4.11. The summed E-state index contributed by atoms with van der Waals surface area (Å²) in [5.74, 6) is 0.280. The molecule has 0 fully saturated rings. The van der Waals surface area contributed by atoms with Gasteiger partial charge in [0.15, 0.2) is 0 Å². The second kappa shape index (κ2) is 4.06. The van der Waals surface area contributed by atoms with Crippen molar-refractivity contribution in [2.24, 2.45) is 5.41 Å². The van der Waals surface area contributed by atoms with Crippen LogP contribution in [-0.4, -0.2) is 9.97 Å². The molecule has 92 valence electrons. The maximum absolute atomic E-state index is 6.25. The van der Waals surface area contributed by atoms with E-state index in [1.165, 1.54) is 17.5 Å². The average molecular weight is 259 g/mol. The Morgan fingerprint density at radius 3 is 2.78 bits per heavy atom. The molecule has 1 aromatic carbocycles. The number of aromatic nitrogens is 2. The van der Waals surface area contributed by atoms with Crippen molar-refractivity contribution in [3.05, 3.63) is 58.6 Å². The fraction of sp³-hybridized carbons (Fsp3) is 0.333. The van der Waals surface area contributed by atoms with Crippen molar-refractivity contribution in [1.82, 2.24) is 9.97 Å². The van der Waals surface area contributed by atoms with Gasteiger partial charge in [-0.05, 0) is 23.0 Å². The predicted molar refractivity (Wildman–Crippen MR) is 72.8 cm³/mol. The number of hydrogen-bond acceptors (Lipinski definition) is 2. The van der Waals surface area contributed by atoms with E-state index in [0.29, 0.717) is 5.15 Å². The molecule has 1 unspecified atom stereocenters. The molecular weight excluding hydrogens is 244 g/mol. The minimum absolute atomic E-state index is 0.151. The lowest BCUT2D eigenvalue weighted by Gasteiger charge is -2.28. The summed E-state index contributed by atoms with van der Waals surface area (Å²) in [5, 5.41) is 0.569. The van der Waals surface area contributed by atoms with Crippen LogP contribution < -0.4 is 0 Å². The zero-order valence-corrected chi connectivity index (χ0v) is 11.3. The van der Waals surface area contributed by atoms with Crippen LogP contribution in [0.2, 0.25) is 5.15 Å². The number of fused-ring (bicyclic) bond motifs is 1. The van der Waals surface area contributed by atoms with Gasteiger partial charge in [-0.1, -0.05) is 49.7 Å². The summed E-state index contributed by atoms with van der Waals surface area (Å²) in [6.07, 6.45) is 4.42. The van der Waals surface area contributed by atoms with E-state index in [1.54, 1.807) is 0 Å². The molecule has 0 bridgehead atoms. The Morgan fingerprint density at radius 1 is 1.22 bits per heavy atom. The summed E-state index contributed by atoms with van der Waals surface area (Å²) < 4.78 is 0. The lowest BCUT2D eigenvalue weighted by Crippen LogP contribution is -2.19. The van der Waals surface area contributed by atoms with Crippen LogP contribution in [-0.2, 0) is 6.42 Å². The van der Waals surface area contributed by atoms with Gasteiger partial charge in [0.25, 0.3) is 0 Å². The lowest BCUT2D eigenvalue weighted by atomic mass is 9.76. The first kappa shape index (κ1) is 11.7. The Labute approximate surface area is 112 Å². The van der Waals surface area contributed by atoms with E-state index in [4.69, 9.17) is 11.6 Å². The Balaban J connectivity index is 2.19. The van der Waals surface area contributed by atoms with Crippen LogP contribution in [0.1, 0.15) is 36.5 Å². The highest BCUT2D eigenvalue weighted by molar-refractivity contribution is 6.30. The maximum Gasteiger partial charge on any atom is 0.136 e. The highest BCUT2D eigenvalue weighted by atomic mass is 35.5. The molecule has 0 amide bonds. The van der Waals surface area contributed by atoms with E-state index in [9.17, 15) is 0 Å². The van der Waals surface area contributed by atoms with Crippen molar-refractivity contribution in [1.29, 1.82) is 0 Å². The third kappa shape index (κ3) is 1.72. The van der Waals surface area contributed by atoms with Crippen LogP contribution in [0.3, 0.4) is 0 Å². The van der Waals surface area contributed by atoms with Crippen molar-refractivity contribution in [2.75, 3.05) is 0 Å². The summed E-state index contributed by atoms with van der Waals surface area (Å²) in [6.45, 7) is 4.56. The van der Waals surface area contributed by atoms with Crippen molar-refractivity contribution in [2.45, 2.75) is 26.2 Å². The first-order valence-corrected chi connectivity index (χ1v) is 6.50. The van der Waals surface area contributed by atoms with E-state index in [2.05, 4.69) is 48.1 Å². The van der Waals surface area contributed by atoms with Gasteiger partial charge in [-0.2, -0.15) is 0 Å². The molecule has 1 aromatic heterocycles. The smallest absolute Gasteiger partial charge is 0.136 e. The molecule has 1 atom stereocenters. The normalized spacial score (nSPS) is 20.7. The fourth-order valence-corrected chi connectivity index (χ4v) is 3.30. The van der Waals surface area contributed by atoms with Gasteiger partial charge in [0.1, 0.15) is 11.5 Å². The molecular formula is C15H15ClN2. The van der Waals surface area contributed by atoms with Crippen LogP contribution in [0, 0.1) is 5.41 Å². The Morgan fingerprint density at radius 2 is 2.00 bits per heavy atom. The van der Waals surface area contributed by atoms with Crippen LogP contribution >= 0.6 is 11.6 Å². The number of rotatable bonds is 1.